The number of likely N-dealkylation sites (tertiary alicyclic amines) is 2. The second kappa shape index (κ2) is 23.2. The van der Waals surface area contributed by atoms with Crippen molar-refractivity contribution in [2.45, 2.75) is 96.9 Å². The molecule has 0 aliphatic carbocycles. The highest BCUT2D eigenvalue weighted by molar-refractivity contribution is 6.03. The molecule has 0 aromatic heterocycles. The van der Waals surface area contributed by atoms with Gasteiger partial charge in [-0.25, -0.2) is 4.79 Å². The molecule has 4 rings (SSSR count). The number of imide groups is 1. The van der Waals surface area contributed by atoms with Crippen LogP contribution in [0.15, 0.2) is 54.6 Å². The Morgan fingerprint density at radius 1 is 0.918 bits per heavy atom. The lowest BCUT2D eigenvalue weighted by molar-refractivity contribution is -0.143. The van der Waals surface area contributed by atoms with E-state index >= 15 is 0 Å². The average Bonchev–Trinajstić information content (AvgIpc) is 3.61. The van der Waals surface area contributed by atoms with Gasteiger partial charge in [0.1, 0.15) is 19.1 Å². The number of amides is 8. The summed E-state index contributed by atoms with van der Waals surface area (Å²) in [5.74, 6) is -3.78. The summed E-state index contributed by atoms with van der Waals surface area (Å²) in [7, 11) is 0. The summed E-state index contributed by atoms with van der Waals surface area (Å²) < 4.78 is 5.01. The van der Waals surface area contributed by atoms with E-state index in [4.69, 9.17) is 10.5 Å². The molecule has 2 saturated heterocycles. The lowest BCUT2D eigenvalue weighted by Crippen LogP contribution is -2.56. The van der Waals surface area contributed by atoms with E-state index in [1.165, 1.54) is 16.7 Å². The normalized spacial score (nSPS) is 19.0. The average molecular weight is 851 g/mol. The van der Waals surface area contributed by atoms with E-state index in [1.807, 2.05) is 6.07 Å². The highest BCUT2D eigenvalue weighted by Crippen LogP contribution is 2.23. The van der Waals surface area contributed by atoms with Gasteiger partial charge in [0.2, 0.25) is 35.4 Å². The molecule has 6 atom stereocenters. The van der Waals surface area contributed by atoms with E-state index in [-0.39, 0.29) is 101 Å². The first kappa shape index (κ1) is 47.8. The van der Waals surface area contributed by atoms with Gasteiger partial charge in [0.15, 0.2) is 0 Å². The number of primary amides is 1. The van der Waals surface area contributed by atoms with Crippen LogP contribution < -0.4 is 27.0 Å². The first-order valence-corrected chi connectivity index (χ1v) is 20.5. The van der Waals surface area contributed by atoms with E-state index in [2.05, 4.69) is 21.3 Å². The number of carbonyl (C=O) groups is 8. The van der Waals surface area contributed by atoms with E-state index in [0.29, 0.717) is 17.7 Å². The number of benzene rings is 2. The Balaban J connectivity index is 1.44. The van der Waals surface area contributed by atoms with E-state index < -0.39 is 60.2 Å². The quantitative estimate of drug-likeness (QED) is 0.0345. The maximum absolute atomic E-state index is 13.7. The first-order chi connectivity index (χ1) is 29.0. The third-order valence-corrected chi connectivity index (χ3v) is 10.6. The number of aliphatic hydroxyl groups is 2. The fourth-order valence-electron chi connectivity index (χ4n) is 7.10. The number of nitrogens with two attached hydrogens (primary N) is 1. The number of hydrogen-bond donors (Lipinski definition) is 7. The second-order valence-electron chi connectivity index (χ2n) is 15.5. The van der Waals surface area contributed by atoms with Gasteiger partial charge < -0.3 is 46.4 Å². The minimum Gasteiger partial charge on any atom is -0.461 e. The standard InChI is InChI=1S/C42H58N8O11/c1-26-22-36(54)49(40(26)58)20-18-48(19-21-50-37(55)23-27(2)41(50)59)35(53)16-15-34(52)46-33(24-29-8-5-4-6-9-29)39(57)47-32(10-7-17-44-42(43)60)38(56)45-31-13-11-30(12-14-31)25-61-28(3)51/h4-6,8-9,11-14,26-27,32-33,39-40,47,57-58H,7,10,15-25H2,1-3H3,(H,45,56)(H,46,52)(H3,43,44,60)/t26?,27?,32-,33-,39?,40?/m0/s1. The van der Waals surface area contributed by atoms with E-state index in [0.717, 1.165) is 10.5 Å². The second-order valence-corrected chi connectivity index (χ2v) is 15.5. The highest BCUT2D eigenvalue weighted by Gasteiger charge is 2.38. The number of urea groups is 1. The zero-order valence-electron chi connectivity index (χ0n) is 34.8. The van der Waals surface area contributed by atoms with Crippen LogP contribution >= 0.6 is 0 Å². The number of nitrogens with zero attached hydrogens (tertiary/aromatic N) is 3. The van der Waals surface area contributed by atoms with Crippen molar-refractivity contribution in [2.24, 2.45) is 17.6 Å². The summed E-state index contributed by atoms with van der Waals surface area (Å²) in [6.45, 7) is 4.76. The Labute approximate surface area is 354 Å². The fourth-order valence-corrected chi connectivity index (χ4v) is 7.10. The van der Waals surface area contributed by atoms with Gasteiger partial charge >= 0.3 is 12.0 Å². The summed E-state index contributed by atoms with van der Waals surface area (Å²) >= 11 is 0. The molecule has 2 fully saturated rings. The van der Waals surface area contributed by atoms with Crippen LogP contribution in [-0.2, 0) is 51.3 Å². The zero-order chi connectivity index (χ0) is 44.6. The number of hydrogen-bond acceptors (Lipinski definition) is 12. The van der Waals surface area contributed by atoms with Crippen molar-refractivity contribution in [3.05, 3.63) is 65.7 Å². The summed E-state index contributed by atoms with van der Waals surface area (Å²) in [6.07, 6.45) is -2.35. The molecular weight excluding hydrogens is 793 g/mol. The third kappa shape index (κ3) is 14.9. The molecule has 2 aliphatic heterocycles. The Hall–Kier alpha value is -5.92. The van der Waals surface area contributed by atoms with Crippen LogP contribution in [0.3, 0.4) is 0 Å². The van der Waals surface area contributed by atoms with Gasteiger partial charge in [-0.1, -0.05) is 56.3 Å². The lowest BCUT2D eigenvalue weighted by atomic mass is 10.0. The molecule has 0 spiro atoms. The van der Waals surface area contributed by atoms with Crippen molar-refractivity contribution in [1.82, 2.24) is 30.7 Å². The minimum absolute atomic E-state index is 0.00626. The summed E-state index contributed by atoms with van der Waals surface area (Å²) in [5.41, 5.74) is 7.08. The molecule has 0 bridgehead atoms. The predicted octanol–water partition coefficient (Wildman–Crippen LogP) is 0.331. The SMILES string of the molecule is CC(=O)OCc1ccc(NC(=O)[C@H](CCCNC(N)=O)NC(O)[C@H](Cc2ccccc2)NC(=O)CCC(=O)N(CCN2C(=O)CC(C)C2=O)CCN2C(=O)CC(C)C2O)cc1. The molecule has 61 heavy (non-hydrogen) atoms. The molecule has 2 aliphatic rings. The molecular formula is C42H58N8O11. The topological polar surface area (TPSA) is 270 Å². The zero-order valence-corrected chi connectivity index (χ0v) is 34.8. The van der Waals surface area contributed by atoms with Crippen molar-refractivity contribution >= 4 is 53.1 Å². The maximum Gasteiger partial charge on any atom is 0.312 e. The minimum atomic E-state index is -1.49. The van der Waals surface area contributed by atoms with Crippen molar-refractivity contribution in [3.63, 3.8) is 0 Å². The predicted molar refractivity (Wildman–Crippen MR) is 220 cm³/mol. The van der Waals surface area contributed by atoms with Gasteiger partial charge in [-0.05, 0) is 42.5 Å². The Morgan fingerprint density at radius 3 is 2.21 bits per heavy atom. The number of aliphatic hydroxyl groups excluding tert-OH is 2. The number of carbonyl (C=O) groups excluding carboxylic acids is 8. The number of ether oxygens (including phenoxy) is 1. The lowest BCUT2D eigenvalue weighted by Gasteiger charge is -2.30. The van der Waals surface area contributed by atoms with Crippen molar-refractivity contribution in [3.8, 4) is 0 Å². The molecule has 2 aromatic rings. The summed E-state index contributed by atoms with van der Waals surface area (Å²) in [5, 5.41) is 33.1. The van der Waals surface area contributed by atoms with Crippen LogP contribution in [0.2, 0.25) is 0 Å². The van der Waals surface area contributed by atoms with E-state index in [1.54, 1.807) is 62.4 Å². The molecule has 0 radical (unpaired) electrons. The van der Waals surface area contributed by atoms with Gasteiger partial charge in [0.05, 0.1) is 12.1 Å². The monoisotopic (exact) mass is 850 g/mol. The Kier molecular flexibility index (Phi) is 18.1. The molecule has 19 nitrogen and oxygen atoms in total. The molecule has 4 unspecified atom stereocenters. The number of nitrogens with one attached hydrogen (secondary N) is 4. The van der Waals surface area contributed by atoms with Crippen molar-refractivity contribution in [2.75, 3.05) is 38.0 Å². The van der Waals surface area contributed by atoms with Gasteiger partial charge in [-0.3, -0.25) is 43.8 Å². The van der Waals surface area contributed by atoms with Gasteiger partial charge in [-0.15, -0.1) is 0 Å². The van der Waals surface area contributed by atoms with Gasteiger partial charge in [0, 0.05) is 82.9 Å². The molecule has 2 aromatic carbocycles. The van der Waals surface area contributed by atoms with Crippen LogP contribution in [0.5, 0.6) is 0 Å². The molecule has 332 valence electrons. The number of anilines is 1. The summed E-state index contributed by atoms with van der Waals surface area (Å²) in [4.78, 5) is 105. The fraction of sp³-hybridized carbons (Fsp3) is 0.524. The number of esters is 1. The highest BCUT2D eigenvalue weighted by atomic mass is 16.5. The molecule has 0 saturated carbocycles. The van der Waals surface area contributed by atoms with Gasteiger partial charge in [0.25, 0.3) is 0 Å². The van der Waals surface area contributed by atoms with Crippen LogP contribution in [0.1, 0.15) is 70.4 Å². The van der Waals surface area contributed by atoms with Crippen LogP contribution in [-0.4, -0.2) is 130 Å². The number of rotatable bonds is 23. The smallest absolute Gasteiger partial charge is 0.312 e. The van der Waals surface area contributed by atoms with Crippen molar-refractivity contribution < 1.29 is 53.3 Å². The first-order valence-electron chi connectivity index (χ1n) is 20.5. The van der Waals surface area contributed by atoms with Crippen LogP contribution in [0.4, 0.5) is 10.5 Å². The van der Waals surface area contributed by atoms with Crippen molar-refractivity contribution in [1.29, 1.82) is 0 Å². The molecule has 2 heterocycles. The molecule has 8 N–H and O–H groups in total. The maximum atomic E-state index is 13.7. The van der Waals surface area contributed by atoms with Crippen LogP contribution in [0.25, 0.3) is 0 Å². The van der Waals surface area contributed by atoms with Crippen LogP contribution in [0, 0.1) is 11.8 Å². The van der Waals surface area contributed by atoms with Gasteiger partial charge in [-0.2, -0.15) is 0 Å². The largest absolute Gasteiger partial charge is 0.461 e. The Morgan fingerprint density at radius 2 is 1.61 bits per heavy atom. The third-order valence-electron chi connectivity index (χ3n) is 10.6. The van der Waals surface area contributed by atoms with E-state index in [9.17, 15) is 48.6 Å². The summed E-state index contributed by atoms with van der Waals surface area (Å²) in [6, 6.07) is 12.8. The molecule has 8 amide bonds. The molecule has 19 heteroatoms. The Bertz CT molecular complexity index is 1860.